The van der Waals surface area contributed by atoms with E-state index in [1.807, 2.05) is 0 Å². The fraction of sp³-hybridized carbons (Fsp3) is 0.714. The maximum Gasteiger partial charge on any atom is 0.229 e. The normalized spacial score (nSPS) is 27.7. The van der Waals surface area contributed by atoms with Gasteiger partial charge in [0, 0.05) is 6.04 Å². The molecule has 2 unspecified atom stereocenters. The maximum atomic E-state index is 10.8. The topological polar surface area (TPSA) is 72.2 Å². The Morgan fingerprint density at radius 3 is 2.55 bits per heavy atom. The zero-order valence-corrected chi connectivity index (χ0v) is 6.46. The number of primary amides is 1. The van der Waals surface area contributed by atoms with Gasteiger partial charge in [0.15, 0.2) is 0 Å². The second kappa shape index (κ2) is 2.90. The molecule has 0 heterocycles. The number of nitrogens with one attached hydrogen (secondary N) is 1. The molecule has 11 heavy (non-hydrogen) atoms. The lowest BCUT2D eigenvalue weighted by Crippen LogP contribution is -2.30. The van der Waals surface area contributed by atoms with E-state index in [-0.39, 0.29) is 18.4 Å². The standard InChI is InChI=1S/C7H12N2O2/c1-4-2-5(4)9-7(11)3-6(8)10/h4-5H,2-3H2,1H3,(H2,8,10)(H,9,11). The predicted octanol–water partition coefficient (Wildman–Crippen LogP) is -0.614. The first kappa shape index (κ1) is 8.04. The van der Waals surface area contributed by atoms with Crippen LogP contribution in [-0.2, 0) is 9.59 Å². The van der Waals surface area contributed by atoms with Gasteiger partial charge in [-0.3, -0.25) is 9.59 Å². The predicted molar refractivity (Wildman–Crippen MR) is 39.5 cm³/mol. The van der Waals surface area contributed by atoms with Gasteiger partial charge in [-0.05, 0) is 12.3 Å². The van der Waals surface area contributed by atoms with Crippen LogP contribution < -0.4 is 11.1 Å². The van der Waals surface area contributed by atoms with Gasteiger partial charge in [0.05, 0.1) is 0 Å². The van der Waals surface area contributed by atoms with Crippen molar-refractivity contribution in [1.29, 1.82) is 0 Å². The molecular weight excluding hydrogens is 144 g/mol. The SMILES string of the molecule is CC1CC1NC(=O)CC(N)=O. The van der Waals surface area contributed by atoms with Gasteiger partial charge < -0.3 is 11.1 Å². The van der Waals surface area contributed by atoms with Gasteiger partial charge in [-0.2, -0.15) is 0 Å². The summed E-state index contributed by atoms with van der Waals surface area (Å²) in [7, 11) is 0. The molecule has 4 heteroatoms. The Hall–Kier alpha value is -1.06. The molecule has 0 aliphatic heterocycles. The number of rotatable bonds is 3. The van der Waals surface area contributed by atoms with E-state index in [0.717, 1.165) is 6.42 Å². The lowest BCUT2D eigenvalue weighted by atomic mass is 10.4. The van der Waals surface area contributed by atoms with Crippen molar-refractivity contribution in [3.63, 3.8) is 0 Å². The van der Waals surface area contributed by atoms with Gasteiger partial charge in [-0.15, -0.1) is 0 Å². The summed E-state index contributed by atoms with van der Waals surface area (Å²) in [5, 5.41) is 2.70. The van der Waals surface area contributed by atoms with Gasteiger partial charge in [-0.1, -0.05) is 6.92 Å². The minimum atomic E-state index is -0.573. The molecule has 0 bridgehead atoms. The number of hydrogen-bond acceptors (Lipinski definition) is 2. The molecule has 0 radical (unpaired) electrons. The minimum Gasteiger partial charge on any atom is -0.369 e. The average molecular weight is 156 g/mol. The highest BCUT2D eigenvalue weighted by Gasteiger charge is 2.33. The van der Waals surface area contributed by atoms with Gasteiger partial charge in [-0.25, -0.2) is 0 Å². The quantitative estimate of drug-likeness (QED) is 0.535. The lowest BCUT2D eigenvalue weighted by Gasteiger charge is -1.99. The van der Waals surface area contributed by atoms with Crippen LogP contribution in [-0.4, -0.2) is 17.9 Å². The molecule has 0 saturated heterocycles. The van der Waals surface area contributed by atoms with Crippen LogP contribution in [0.4, 0.5) is 0 Å². The summed E-state index contributed by atoms with van der Waals surface area (Å²) in [5.41, 5.74) is 4.82. The monoisotopic (exact) mass is 156 g/mol. The van der Waals surface area contributed by atoms with E-state index < -0.39 is 5.91 Å². The molecule has 1 fully saturated rings. The smallest absolute Gasteiger partial charge is 0.229 e. The first-order chi connectivity index (χ1) is 5.09. The van der Waals surface area contributed by atoms with Crippen LogP contribution >= 0.6 is 0 Å². The molecule has 0 aromatic rings. The third-order valence-corrected chi connectivity index (χ3v) is 1.79. The first-order valence-corrected chi connectivity index (χ1v) is 3.67. The van der Waals surface area contributed by atoms with Crippen LogP contribution in [0.1, 0.15) is 19.8 Å². The summed E-state index contributed by atoms with van der Waals surface area (Å²) in [6.45, 7) is 2.05. The highest BCUT2D eigenvalue weighted by Crippen LogP contribution is 2.28. The summed E-state index contributed by atoms with van der Waals surface area (Å²) in [6, 6.07) is 0.279. The fourth-order valence-corrected chi connectivity index (χ4v) is 0.939. The molecule has 1 aliphatic carbocycles. The van der Waals surface area contributed by atoms with E-state index in [1.165, 1.54) is 0 Å². The summed E-state index contributed by atoms with van der Waals surface area (Å²) >= 11 is 0. The van der Waals surface area contributed by atoms with Crippen molar-refractivity contribution in [1.82, 2.24) is 5.32 Å². The largest absolute Gasteiger partial charge is 0.369 e. The number of carbonyl (C=O) groups excluding carboxylic acids is 2. The molecule has 3 N–H and O–H groups in total. The van der Waals surface area contributed by atoms with Gasteiger partial charge in [0.2, 0.25) is 11.8 Å². The van der Waals surface area contributed by atoms with Crippen LogP contribution in [0.15, 0.2) is 0 Å². The van der Waals surface area contributed by atoms with E-state index in [4.69, 9.17) is 5.73 Å². The molecular formula is C7H12N2O2. The second-order valence-electron chi connectivity index (χ2n) is 3.03. The van der Waals surface area contributed by atoms with Gasteiger partial charge in [0.25, 0.3) is 0 Å². The zero-order valence-electron chi connectivity index (χ0n) is 6.46. The highest BCUT2D eigenvalue weighted by atomic mass is 16.2. The van der Waals surface area contributed by atoms with Crippen molar-refractivity contribution in [2.75, 3.05) is 0 Å². The number of amides is 2. The van der Waals surface area contributed by atoms with Crippen molar-refractivity contribution in [2.45, 2.75) is 25.8 Å². The van der Waals surface area contributed by atoms with E-state index in [0.29, 0.717) is 5.92 Å². The van der Waals surface area contributed by atoms with Gasteiger partial charge >= 0.3 is 0 Å². The first-order valence-electron chi connectivity index (χ1n) is 3.67. The highest BCUT2D eigenvalue weighted by molar-refractivity contribution is 5.96. The van der Waals surface area contributed by atoms with E-state index >= 15 is 0 Å². The molecule has 0 aromatic carbocycles. The van der Waals surface area contributed by atoms with Crippen molar-refractivity contribution >= 4 is 11.8 Å². The summed E-state index contributed by atoms with van der Waals surface area (Å²) in [4.78, 5) is 21.1. The minimum absolute atomic E-state index is 0.191. The van der Waals surface area contributed by atoms with Crippen LogP contribution in [0.3, 0.4) is 0 Å². The Bertz CT molecular complexity index is 191. The van der Waals surface area contributed by atoms with Crippen molar-refractivity contribution in [3.8, 4) is 0 Å². The Morgan fingerprint density at radius 2 is 2.18 bits per heavy atom. The molecule has 0 aromatic heterocycles. The molecule has 2 atom stereocenters. The Kier molecular flexibility index (Phi) is 2.12. The van der Waals surface area contributed by atoms with E-state index in [2.05, 4.69) is 12.2 Å². The van der Waals surface area contributed by atoms with Crippen molar-refractivity contribution in [3.05, 3.63) is 0 Å². The van der Waals surface area contributed by atoms with Crippen LogP contribution in [0.2, 0.25) is 0 Å². The maximum absolute atomic E-state index is 10.8. The molecule has 4 nitrogen and oxygen atoms in total. The molecule has 1 saturated carbocycles. The van der Waals surface area contributed by atoms with Crippen LogP contribution in [0, 0.1) is 5.92 Å². The Morgan fingerprint density at radius 1 is 1.64 bits per heavy atom. The van der Waals surface area contributed by atoms with Crippen LogP contribution in [0.5, 0.6) is 0 Å². The Balaban J connectivity index is 2.16. The summed E-state index contributed by atoms with van der Waals surface area (Å²) in [5.74, 6) is -0.269. The zero-order chi connectivity index (χ0) is 8.43. The number of nitrogens with two attached hydrogens (primary N) is 1. The summed E-state index contributed by atoms with van der Waals surface area (Å²) in [6.07, 6.45) is 0.827. The molecule has 0 spiro atoms. The van der Waals surface area contributed by atoms with Gasteiger partial charge in [0.1, 0.15) is 6.42 Å². The van der Waals surface area contributed by atoms with E-state index in [1.54, 1.807) is 0 Å². The molecule has 1 aliphatic rings. The second-order valence-corrected chi connectivity index (χ2v) is 3.03. The molecule has 1 rings (SSSR count). The van der Waals surface area contributed by atoms with Crippen LogP contribution in [0.25, 0.3) is 0 Å². The number of carbonyl (C=O) groups is 2. The average Bonchev–Trinajstić information content (AvgIpc) is 2.43. The van der Waals surface area contributed by atoms with Crippen molar-refractivity contribution < 1.29 is 9.59 Å². The Labute approximate surface area is 65.1 Å². The fourth-order valence-electron chi connectivity index (χ4n) is 0.939. The van der Waals surface area contributed by atoms with E-state index in [9.17, 15) is 9.59 Å². The third-order valence-electron chi connectivity index (χ3n) is 1.79. The molecule has 62 valence electrons. The summed E-state index contributed by atoms with van der Waals surface area (Å²) < 4.78 is 0. The third kappa shape index (κ3) is 2.57. The molecule has 2 amide bonds. The lowest BCUT2D eigenvalue weighted by molar-refractivity contribution is -0.127. The van der Waals surface area contributed by atoms with Crippen molar-refractivity contribution in [2.24, 2.45) is 11.7 Å². The number of hydrogen-bond donors (Lipinski definition) is 2.